The van der Waals surface area contributed by atoms with E-state index in [0.29, 0.717) is 17.8 Å². The fraction of sp³-hybridized carbons (Fsp3) is 0.111. The fourth-order valence-electron chi connectivity index (χ4n) is 0.966. The van der Waals surface area contributed by atoms with Crippen molar-refractivity contribution in [2.24, 2.45) is 0 Å². The Labute approximate surface area is 74.8 Å². The molecule has 13 heavy (non-hydrogen) atoms. The summed E-state index contributed by atoms with van der Waals surface area (Å²) in [6, 6.07) is 4.28. The average Bonchev–Trinajstić information content (AvgIpc) is 2.08. The van der Waals surface area contributed by atoms with E-state index in [4.69, 9.17) is 5.11 Å². The van der Waals surface area contributed by atoms with Crippen LogP contribution in [0.2, 0.25) is 0 Å². The molecule has 1 N–H and O–H groups in total. The van der Waals surface area contributed by atoms with Gasteiger partial charge in [-0.25, -0.2) is 4.79 Å². The normalized spacial score (nSPS) is 9.31. The standard InChI is InChI=1S/C9H8O4/c1-6-4-7(9(11)12)2-3-8(6)13-5-10/h2-5H,1H3,(H,11,12). The Kier molecular flexibility index (Phi) is 2.64. The van der Waals surface area contributed by atoms with Gasteiger partial charge in [-0.2, -0.15) is 0 Å². The van der Waals surface area contributed by atoms with Crippen LogP contribution < -0.4 is 4.74 Å². The number of carboxylic acid groups (broad SMARTS) is 1. The highest BCUT2D eigenvalue weighted by Gasteiger charge is 2.05. The summed E-state index contributed by atoms with van der Waals surface area (Å²) in [5.41, 5.74) is 0.794. The van der Waals surface area contributed by atoms with Crippen LogP contribution in [0, 0.1) is 6.92 Å². The molecule has 0 atom stereocenters. The number of aromatic carboxylic acids is 1. The van der Waals surface area contributed by atoms with Gasteiger partial charge in [0.2, 0.25) is 0 Å². The van der Waals surface area contributed by atoms with Gasteiger partial charge >= 0.3 is 5.97 Å². The van der Waals surface area contributed by atoms with E-state index in [2.05, 4.69) is 4.74 Å². The molecule has 0 heterocycles. The van der Waals surface area contributed by atoms with E-state index >= 15 is 0 Å². The molecule has 0 saturated heterocycles. The van der Waals surface area contributed by atoms with Crippen molar-refractivity contribution in [3.63, 3.8) is 0 Å². The summed E-state index contributed by atoms with van der Waals surface area (Å²) in [5.74, 6) is -0.624. The molecule has 0 saturated carbocycles. The van der Waals surface area contributed by atoms with Gasteiger partial charge < -0.3 is 9.84 Å². The minimum absolute atomic E-state index is 0.177. The number of carbonyl (C=O) groups excluding carboxylic acids is 1. The zero-order valence-corrected chi connectivity index (χ0v) is 6.98. The molecule has 0 fully saturated rings. The molecule has 0 amide bonds. The number of hydrogen-bond acceptors (Lipinski definition) is 3. The van der Waals surface area contributed by atoms with Crippen molar-refractivity contribution in [2.45, 2.75) is 6.92 Å². The Bertz CT molecular complexity index is 343. The Hall–Kier alpha value is -1.84. The lowest BCUT2D eigenvalue weighted by atomic mass is 10.1. The Morgan fingerprint density at radius 1 is 1.54 bits per heavy atom. The van der Waals surface area contributed by atoms with Crippen LogP contribution >= 0.6 is 0 Å². The maximum absolute atomic E-state index is 10.5. The van der Waals surface area contributed by atoms with Gasteiger partial charge in [-0.05, 0) is 30.7 Å². The van der Waals surface area contributed by atoms with E-state index in [0.717, 1.165) is 0 Å². The van der Waals surface area contributed by atoms with Gasteiger partial charge in [0.1, 0.15) is 5.75 Å². The highest BCUT2D eigenvalue weighted by atomic mass is 16.5. The third kappa shape index (κ3) is 2.05. The molecule has 1 aromatic carbocycles. The molecule has 0 bridgehead atoms. The van der Waals surface area contributed by atoms with Gasteiger partial charge in [0.15, 0.2) is 0 Å². The fourth-order valence-corrected chi connectivity index (χ4v) is 0.966. The van der Waals surface area contributed by atoms with E-state index in [1.165, 1.54) is 18.2 Å². The smallest absolute Gasteiger partial charge is 0.335 e. The lowest BCUT2D eigenvalue weighted by Gasteiger charge is -2.02. The van der Waals surface area contributed by atoms with Crippen LogP contribution in [0.1, 0.15) is 15.9 Å². The molecule has 0 aromatic heterocycles. The number of ether oxygens (including phenoxy) is 1. The van der Waals surface area contributed by atoms with Crippen molar-refractivity contribution in [2.75, 3.05) is 0 Å². The van der Waals surface area contributed by atoms with Crippen LogP contribution in [0.3, 0.4) is 0 Å². The second kappa shape index (κ2) is 3.71. The van der Waals surface area contributed by atoms with Gasteiger partial charge in [0, 0.05) is 0 Å². The molecule has 0 aliphatic carbocycles. The summed E-state index contributed by atoms with van der Waals surface area (Å²) in [4.78, 5) is 20.5. The van der Waals surface area contributed by atoms with E-state index in [1.807, 2.05) is 0 Å². The summed E-state index contributed by atoms with van der Waals surface area (Å²) in [6.45, 7) is 1.98. The third-order valence-electron chi connectivity index (χ3n) is 1.60. The Morgan fingerprint density at radius 2 is 2.23 bits per heavy atom. The zero-order valence-electron chi connectivity index (χ0n) is 6.98. The summed E-state index contributed by atoms with van der Waals surface area (Å²) in [7, 11) is 0. The second-order valence-corrected chi connectivity index (χ2v) is 2.50. The minimum atomic E-state index is -0.999. The first kappa shape index (κ1) is 9.25. The summed E-state index contributed by atoms with van der Waals surface area (Å²) < 4.78 is 4.60. The first-order valence-corrected chi connectivity index (χ1v) is 3.59. The van der Waals surface area contributed by atoms with Crippen LogP contribution in [-0.4, -0.2) is 17.5 Å². The lowest BCUT2D eigenvalue weighted by molar-refractivity contribution is -0.120. The molecule has 4 heteroatoms. The Balaban J connectivity index is 3.04. The monoisotopic (exact) mass is 180 g/mol. The quantitative estimate of drug-likeness (QED) is 0.710. The highest BCUT2D eigenvalue weighted by molar-refractivity contribution is 5.88. The molecule has 1 aromatic rings. The van der Waals surface area contributed by atoms with Crippen LogP contribution in [-0.2, 0) is 4.79 Å². The van der Waals surface area contributed by atoms with Gasteiger partial charge in [-0.1, -0.05) is 0 Å². The molecule has 0 spiro atoms. The van der Waals surface area contributed by atoms with Crippen molar-refractivity contribution in [3.05, 3.63) is 29.3 Å². The van der Waals surface area contributed by atoms with E-state index in [-0.39, 0.29) is 5.56 Å². The van der Waals surface area contributed by atoms with E-state index in [9.17, 15) is 9.59 Å². The number of hydrogen-bond donors (Lipinski definition) is 1. The van der Waals surface area contributed by atoms with Crippen molar-refractivity contribution < 1.29 is 19.4 Å². The largest absolute Gasteiger partial charge is 0.478 e. The summed E-state index contributed by atoms with van der Waals surface area (Å²) in [6.07, 6.45) is 0. The van der Waals surface area contributed by atoms with Crippen molar-refractivity contribution >= 4 is 12.4 Å². The predicted octanol–water partition coefficient (Wildman–Crippen LogP) is 1.23. The van der Waals surface area contributed by atoms with Crippen molar-refractivity contribution in [3.8, 4) is 5.75 Å². The second-order valence-electron chi connectivity index (χ2n) is 2.50. The van der Waals surface area contributed by atoms with Crippen molar-refractivity contribution in [1.82, 2.24) is 0 Å². The first-order chi connectivity index (χ1) is 6.15. The number of carboxylic acids is 1. The van der Waals surface area contributed by atoms with E-state index < -0.39 is 5.97 Å². The Morgan fingerprint density at radius 3 is 2.69 bits per heavy atom. The maximum Gasteiger partial charge on any atom is 0.335 e. The number of benzene rings is 1. The summed E-state index contributed by atoms with van der Waals surface area (Å²) in [5, 5.41) is 8.62. The molecule has 68 valence electrons. The molecular formula is C9H8O4. The SMILES string of the molecule is Cc1cc(C(=O)O)ccc1OC=O. The lowest BCUT2D eigenvalue weighted by Crippen LogP contribution is -1.98. The average molecular weight is 180 g/mol. The van der Waals surface area contributed by atoms with Gasteiger partial charge in [0.05, 0.1) is 5.56 Å². The molecule has 0 aliphatic heterocycles. The predicted molar refractivity (Wildman–Crippen MR) is 44.8 cm³/mol. The molecule has 0 radical (unpaired) electrons. The maximum atomic E-state index is 10.5. The first-order valence-electron chi connectivity index (χ1n) is 3.59. The molecule has 0 aliphatic rings. The van der Waals surface area contributed by atoms with Crippen LogP contribution in [0.25, 0.3) is 0 Å². The zero-order chi connectivity index (χ0) is 9.84. The number of rotatable bonds is 3. The number of carbonyl (C=O) groups is 2. The third-order valence-corrected chi connectivity index (χ3v) is 1.60. The van der Waals surface area contributed by atoms with E-state index in [1.54, 1.807) is 6.92 Å². The van der Waals surface area contributed by atoms with Crippen LogP contribution in [0.15, 0.2) is 18.2 Å². The summed E-state index contributed by atoms with van der Waals surface area (Å²) >= 11 is 0. The molecule has 0 unspecified atom stereocenters. The molecule has 1 rings (SSSR count). The minimum Gasteiger partial charge on any atom is -0.478 e. The van der Waals surface area contributed by atoms with Gasteiger partial charge in [0.25, 0.3) is 6.47 Å². The van der Waals surface area contributed by atoms with Gasteiger partial charge in [-0.3, -0.25) is 4.79 Å². The number of aryl methyl sites for hydroxylation is 1. The van der Waals surface area contributed by atoms with Gasteiger partial charge in [-0.15, -0.1) is 0 Å². The van der Waals surface area contributed by atoms with Crippen LogP contribution in [0.4, 0.5) is 0 Å². The van der Waals surface area contributed by atoms with Crippen molar-refractivity contribution in [1.29, 1.82) is 0 Å². The molecular weight excluding hydrogens is 172 g/mol. The highest BCUT2D eigenvalue weighted by Crippen LogP contribution is 2.18. The topological polar surface area (TPSA) is 63.6 Å². The van der Waals surface area contributed by atoms with Crippen LogP contribution in [0.5, 0.6) is 5.75 Å². The molecule has 4 nitrogen and oxygen atoms in total.